The minimum absolute atomic E-state index is 0.0253. The van der Waals surface area contributed by atoms with Crippen molar-refractivity contribution in [3.63, 3.8) is 0 Å². The Morgan fingerprint density at radius 2 is 1.82 bits per heavy atom. The van der Waals surface area contributed by atoms with E-state index in [-0.39, 0.29) is 31.0 Å². The molecule has 5 nitrogen and oxygen atoms in total. The van der Waals surface area contributed by atoms with Gasteiger partial charge < -0.3 is 15.0 Å². The van der Waals surface area contributed by atoms with Crippen LogP contribution >= 0.6 is 0 Å². The molecule has 0 aromatic rings. The van der Waals surface area contributed by atoms with Crippen molar-refractivity contribution >= 4 is 12.0 Å². The van der Waals surface area contributed by atoms with Crippen LogP contribution in [0.5, 0.6) is 0 Å². The summed E-state index contributed by atoms with van der Waals surface area (Å²) in [6.07, 6.45) is -2.31. The second kappa shape index (κ2) is 6.75. The van der Waals surface area contributed by atoms with Gasteiger partial charge in [-0.15, -0.1) is 0 Å². The number of halogens is 3. The first-order valence-electron chi connectivity index (χ1n) is 7.55. The summed E-state index contributed by atoms with van der Waals surface area (Å²) in [6, 6.07) is 0.169. The van der Waals surface area contributed by atoms with Crippen LogP contribution in [-0.4, -0.2) is 48.8 Å². The number of hydrogen-bond acceptors (Lipinski definition) is 3. The molecule has 1 heterocycles. The van der Waals surface area contributed by atoms with Crippen LogP contribution in [0.2, 0.25) is 0 Å². The Morgan fingerprint density at radius 1 is 1.23 bits per heavy atom. The minimum Gasteiger partial charge on any atom is -0.440 e. The van der Waals surface area contributed by atoms with Crippen molar-refractivity contribution in [3.8, 4) is 0 Å². The molecule has 0 bridgehead atoms. The third kappa shape index (κ3) is 5.06. The van der Waals surface area contributed by atoms with Crippen LogP contribution < -0.4 is 5.32 Å². The van der Waals surface area contributed by atoms with Gasteiger partial charge in [0.1, 0.15) is 0 Å². The summed E-state index contributed by atoms with van der Waals surface area (Å²) >= 11 is 0. The maximum atomic E-state index is 12.1. The fraction of sp³-hybridized carbons (Fsp3) is 0.857. The summed E-state index contributed by atoms with van der Waals surface area (Å²) < 4.78 is 40.2. The van der Waals surface area contributed by atoms with Crippen molar-refractivity contribution < 1.29 is 27.5 Å². The molecular weight excluding hydrogens is 301 g/mol. The lowest BCUT2D eigenvalue weighted by molar-refractivity contribution is -0.162. The second-order valence-corrected chi connectivity index (χ2v) is 6.07. The van der Waals surface area contributed by atoms with Gasteiger partial charge in [0.05, 0.1) is 0 Å². The molecule has 1 saturated heterocycles. The van der Waals surface area contributed by atoms with Crippen molar-refractivity contribution in [1.29, 1.82) is 0 Å². The van der Waals surface area contributed by atoms with Crippen LogP contribution in [0.25, 0.3) is 0 Å². The van der Waals surface area contributed by atoms with Crippen molar-refractivity contribution in [2.24, 2.45) is 11.8 Å². The highest BCUT2D eigenvalue weighted by Gasteiger charge is 2.34. The third-order valence-corrected chi connectivity index (χ3v) is 4.18. The predicted molar refractivity (Wildman–Crippen MR) is 72.0 cm³/mol. The summed E-state index contributed by atoms with van der Waals surface area (Å²) in [7, 11) is 0. The summed E-state index contributed by atoms with van der Waals surface area (Å²) in [5.41, 5.74) is 0. The lowest BCUT2D eigenvalue weighted by Gasteiger charge is -2.31. The molecule has 0 unspecified atom stereocenters. The number of hydrogen-bond donors (Lipinski definition) is 1. The molecule has 0 radical (unpaired) electrons. The number of piperidine rings is 1. The fourth-order valence-electron chi connectivity index (χ4n) is 2.62. The highest BCUT2D eigenvalue weighted by atomic mass is 19.4. The van der Waals surface area contributed by atoms with Crippen molar-refractivity contribution in [2.45, 2.75) is 44.8 Å². The SMILES string of the molecule is C[C@H](NC(=O)C1CCN(C(=O)OCC(F)(F)F)CC1)C1CC1. The first-order chi connectivity index (χ1) is 10.3. The summed E-state index contributed by atoms with van der Waals surface area (Å²) in [6.45, 7) is 0.892. The van der Waals surface area contributed by atoms with Gasteiger partial charge >= 0.3 is 12.3 Å². The number of carbonyl (C=O) groups is 2. The van der Waals surface area contributed by atoms with E-state index in [9.17, 15) is 22.8 Å². The van der Waals surface area contributed by atoms with E-state index in [2.05, 4.69) is 10.1 Å². The molecule has 8 heteroatoms. The zero-order chi connectivity index (χ0) is 16.3. The van der Waals surface area contributed by atoms with Gasteiger partial charge in [0.2, 0.25) is 5.91 Å². The lowest BCUT2D eigenvalue weighted by Crippen LogP contribution is -2.45. The molecule has 2 aliphatic rings. The van der Waals surface area contributed by atoms with Gasteiger partial charge in [0, 0.05) is 25.0 Å². The number of carbonyl (C=O) groups excluding carboxylic acids is 2. The van der Waals surface area contributed by atoms with Crippen LogP contribution in [-0.2, 0) is 9.53 Å². The van der Waals surface area contributed by atoms with Crippen LogP contribution in [0.4, 0.5) is 18.0 Å². The van der Waals surface area contributed by atoms with E-state index in [0.717, 1.165) is 12.8 Å². The first-order valence-corrected chi connectivity index (χ1v) is 7.55. The van der Waals surface area contributed by atoms with E-state index in [4.69, 9.17) is 0 Å². The number of ether oxygens (including phenoxy) is 1. The van der Waals surface area contributed by atoms with E-state index in [1.54, 1.807) is 0 Å². The number of amides is 2. The Labute approximate surface area is 127 Å². The molecule has 2 amide bonds. The van der Waals surface area contributed by atoms with E-state index in [1.165, 1.54) is 4.90 Å². The van der Waals surface area contributed by atoms with Gasteiger partial charge in [-0.05, 0) is 38.5 Å². The van der Waals surface area contributed by atoms with Gasteiger partial charge in [0.25, 0.3) is 0 Å². The smallest absolute Gasteiger partial charge is 0.422 e. The topological polar surface area (TPSA) is 58.6 Å². The highest BCUT2D eigenvalue weighted by Crippen LogP contribution is 2.32. The molecule has 22 heavy (non-hydrogen) atoms. The summed E-state index contributed by atoms with van der Waals surface area (Å²) in [5.74, 6) is 0.358. The maximum absolute atomic E-state index is 12.1. The fourth-order valence-corrected chi connectivity index (χ4v) is 2.62. The second-order valence-electron chi connectivity index (χ2n) is 6.07. The minimum atomic E-state index is -4.52. The number of rotatable bonds is 4. The Morgan fingerprint density at radius 3 is 2.32 bits per heavy atom. The average molecular weight is 322 g/mol. The standard InChI is InChI=1S/C14H21F3N2O3/c1-9(10-2-3-10)18-12(20)11-4-6-19(7-5-11)13(21)22-8-14(15,16)17/h9-11H,2-8H2,1H3,(H,18,20)/t9-/m0/s1. The zero-order valence-corrected chi connectivity index (χ0v) is 12.5. The molecule has 0 aromatic heterocycles. The Balaban J connectivity index is 1.70. The summed E-state index contributed by atoms with van der Waals surface area (Å²) in [4.78, 5) is 24.8. The molecule has 1 aliphatic heterocycles. The molecule has 0 spiro atoms. The van der Waals surface area contributed by atoms with E-state index in [0.29, 0.717) is 18.8 Å². The molecule has 1 atom stereocenters. The number of alkyl halides is 3. The molecule has 0 aromatic carbocycles. The molecular formula is C14H21F3N2O3. The van der Waals surface area contributed by atoms with Gasteiger partial charge in [0.15, 0.2) is 6.61 Å². The van der Waals surface area contributed by atoms with Crippen LogP contribution in [0.1, 0.15) is 32.6 Å². The summed E-state index contributed by atoms with van der Waals surface area (Å²) in [5, 5.41) is 2.98. The van der Waals surface area contributed by atoms with E-state index < -0.39 is 18.9 Å². The predicted octanol–water partition coefficient (Wildman–Crippen LogP) is 2.31. The molecule has 1 aliphatic carbocycles. The monoisotopic (exact) mass is 322 g/mol. The molecule has 126 valence electrons. The number of nitrogens with one attached hydrogen (secondary N) is 1. The Hall–Kier alpha value is -1.47. The van der Waals surface area contributed by atoms with Gasteiger partial charge in [-0.2, -0.15) is 13.2 Å². The Bertz CT molecular complexity index is 416. The highest BCUT2D eigenvalue weighted by molar-refractivity contribution is 5.79. The number of likely N-dealkylation sites (tertiary alicyclic amines) is 1. The first kappa shape index (κ1) is 16.9. The molecule has 2 rings (SSSR count). The average Bonchev–Trinajstić information content (AvgIpc) is 3.28. The van der Waals surface area contributed by atoms with Crippen LogP contribution in [0.15, 0.2) is 0 Å². The maximum Gasteiger partial charge on any atom is 0.422 e. The van der Waals surface area contributed by atoms with Crippen LogP contribution in [0, 0.1) is 11.8 Å². The molecule has 1 N–H and O–H groups in total. The number of nitrogens with zero attached hydrogens (tertiary/aromatic N) is 1. The van der Waals surface area contributed by atoms with E-state index >= 15 is 0 Å². The zero-order valence-electron chi connectivity index (χ0n) is 12.5. The van der Waals surface area contributed by atoms with Crippen molar-refractivity contribution in [1.82, 2.24) is 10.2 Å². The normalized spacial score (nSPS) is 21.4. The van der Waals surface area contributed by atoms with Gasteiger partial charge in [-0.1, -0.05) is 0 Å². The lowest BCUT2D eigenvalue weighted by atomic mass is 9.95. The molecule has 1 saturated carbocycles. The van der Waals surface area contributed by atoms with Gasteiger partial charge in [-0.25, -0.2) is 4.79 Å². The largest absolute Gasteiger partial charge is 0.440 e. The van der Waals surface area contributed by atoms with Gasteiger partial charge in [-0.3, -0.25) is 4.79 Å². The van der Waals surface area contributed by atoms with Crippen molar-refractivity contribution in [3.05, 3.63) is 0 Å². The quantitative estimate of drug-likeness (QED) is 0.864. The third-order valence-electron chi connectivity index (χ3n) is 4.18. The van der Waals surface area contributed by atoms with Crippen LogP contribution in [0.3, 0.4) is 0 Å². The Kier molecular flexibility index (Phi) is 5.18. The molecule has 2 fully saturated rings. The van der Waals surface area contributed by atoms with Crippen molar-refractivity contribution in [2.75, 3.05) is 19.7 Å². The van der Waals surface area contributed by atoms with E-state index in [1.807, 2.05) is 6.92 Å².